The molecule has 1 amide bonds. The Morgan fingerprint density at radius 3 is 2.27 bits per heavy atom. The van der Waals surface area contributed by atoms with Crippen LogP contribution < -0.4 is 10.0 Å². The van der Waals surface area contributed by atoms with E-state index in [1.807, 2.05) is 60.7 Å². The predicted octanol–water partition coefficient (Wildman–Crippen LogP) is 4.62. The summed E-state index contributed by atoms with van der Waals surface area (Å²) in [6.07, 6.45) is 1.74. The van der Waals surface area contributed by atoms with Crippen LogP contribution in [-0.2, 0) is 19.6 Å². The van der Waals surface area contributed by atoms with E-state index in [9.17, 15) is 13.2 Å². The van der Waals surface area contributed by atoms with Crippen molar-refractivity contribution in [2.45, 2.75) is 34.0 Å². The molecule has 2 atom stereocenters. The first-order chi connectivity index (χ1) is 16.0. The molecule has 0 aliphatic carbocycles. The van der Waals surface area contributed by atoms with E-state index in [0.29, 0.717) is 12.3 Å². The molecular formula is C25H26N2O4S2. The molecule has 0 spiro atoms. The van der Waals surface area contributed by atoms with E-state index >= 15 is 0 Å². The van der Waals surface area contributed by atoms with Crippen molar-refractivity contribution < 1.29 is 17.9 Å². The average molecular weight is 483 g/mol. The second-order valence-electron chi connectivity index (χ2n) is 7.72. The number of nitrogens with one attached hydrogen (secondary N) is 2. The summed E-state index contributed by atoms with van der Waals surface area (Å²) in [7, 11) is -3.64. The highest BCUT2D eigenvalue weighted by atomic mass is 32.2. The maximum Gasteiger partial charge on any atom is 0.242 e. The van der Waals surface area contributed by atoms with Gasteiger partial charge >= 0.3 is 0 Å². The van der Waals surface area contributed by atoms with Gasteiger partial charge in [0.1, 0.15) is 5.25 Å². The highest BCUT2D eigenvalue weighted by Gasteiger charge is 2.23. The van der Waals surface area contributed by atoms with Crippen LogP contribution in [0.25, 0.3) is 0 Å². The fourth-order valence-electron chi connectivity index (χ4n) is 3.55. The third-order valence-corrected chi connectivity index (χ3v) is 8.00. The Kier molecular flexibility index (Phi) is 7.82. The van der Waals surface area contributed by atoms with Crippen LogP contribution in [0, 0.1) is 0 Å². The lowest BCUT2D eigenvalue weighted by atomic mass is 10.1. The third-order valence-electron chi connectivity index (χ3n) is 5.29. The zero-order valence-corrected chi connectivity index (χ0v) is 19.6. The average Bonchev–Trinajstić information content (AvgIpc) is 3.37. The van der Waals surface area contributed by atoms with Crippen LogP contribution in [0.4, 0.5) is 5.69 Å². The Morgan fingerprint density at radius 2 is 1.64 bits per heavy atom. The monoisotopic (exact) mass is 482 g/mol. The normalized spacial score (nSPS) is 16.9. The van der Waals surface area contributed by atoms with Gasteiger partial charge < -0.3 is 10.1 Å². The molecule has 0 unspecified atom stereocenters. The number of carbonyl (C=O) groups is 1. The van der Waals surface area contributed by atoms with Gasteiger partial charge in [-0.15, -0.1) is 11.8 Å². The number of sulfonamides is 1. The van der Waals surface area contributed by atoms with Crippen LogP contribution in [0.2, 0.25) is 0 Å². The molecule has 0 aromatic heterocycles. The zero-order valence-electron chi connectivity index (χ0n) is 18.0. The smallest absolute Gasteiger partial charge is 0.242 e. The first-order valence-corrected chi connectivity index (χ1v) is 13.2. The molecule has 1 heterocycles. The molecule has 1 fully saturated rings. The van der Waals surface area contributed by atoms with Crippen molar-refractivity contribution in [3.05, 3.63) is 90.5 Å². The van der Waals surface area contributed by atoms with Crippen LogP contribution in [0.5, 0.6) is 0 Å². The number of carbonyl (C=O) groups excluding carboxylic acids is 1. The van der Waals surface area contributed by atoms with Crippen LogP contribution in [-0.4, -0.2) is 33.6 Å². The third kappa shape index (κ3) is 6.45. The largest absolute Gasteiger partial charge is 0.377 e. The summed E-state index contributed by atoms with van der Waals surface area (Å²) in [6, 6.07) is 25.5. The molecule has 0 bridgehead atoms. The number of benzene rings is 3. The molecule has 4 rings (SSSR count). The molecule has 1 aliphatic rings. The summed E-state index contributed by atoms with van der Waals surface area (Å²) in [5.41, 5.74) is 1.43. The first kappa shape index (κ1) is 23.5. The minimum atomic E-state index is -3.64. The van der Waals surface area contributed by atoms with Crippen LogP contribution >= 0.6 is 11.8 Å². The highest BCUT2D eigenvalue weighted by Crippen LogP contribution is 2.36. The molecule has 3 aromatic rings. The van der Waals surface area contributed by atoms with E-state index in [1.54, 1.807) is 12.1 Å². The second-order valence-corrected chi connectivity index (χ2v) is 10.7. The van der Waals surface area contributed by atoms with Crippen LogP contribution in [0.3, 0.4) is 0 Å². The number of rotatable bonds is 9. The number of thioether (sulfide) groups is 1. The van der Waals surface area contributed by atoms with Gasteiger partial charge in [-0.05, 0) is 54.8 Å². The minimum Gasteiger partial charge on any atom is -0.377 e. The lowest BCUT2D eigenvalue weighted by Crippen LogP contribution is -2.31. The molecule has 1 aliphatic heterocycles. The summed E-state index contributed by atoms with van der Waals surface area (Å²) in [4.78, 5) is 14.3. The Labute approximate surface area is 198 Å². The highest BCUT2D eigenvalue weighted by molar-refractivity contribution is 8.00. The van der Waals surface area contributed by atoms with Gasteiger partial charge in [-0.1, -0.05) is 48.5 Å². The van der Waals surface area contributed by atoms with Gasteiger partial charge in [0.15, 0.2) is 0 Å². The molecule has 33 heavy (non-hydrogen) atoms. The minimum absolute atomic E-state index is 0.0737. The Balaban J connectivity index is 1.44. The molecule has 172 valence electrons. The van der Waals surface area contributed by atoms with E-state index < -0.39 is 15.3 Å². The van der Waals surface area contributed by atoms with Gasteiger partial charge in [-0.3, -0.25) is 4.79 Å². The molecular weight excluding hydrogens is 456 g/mol. The molecule has 1 saturated heterocycles. The van der Waals surface area contributed by atoms with Crippen molar-refractivity contribution in [2.24, 2.45) is 0 Å². The number of hydrogen-bond donors (Lipinski definition) is 2. The Morgan fingerprint density at radius 1 is 0.970 bits per heavy atom. The van der Waals surface area contributed by atoms with Gasteiger partial charge in [0.25, 0.3) is 0 Å². The topological polar surface area (TPSA) is 84.5 Å². The Bertz CT molecular complexity index is 1150. The zero-order chi connectivity index (χ0) is 23.1. The fourth-order valence-corrected chi connectivity index (χ4v) is 5.66. The van der Waals surface area contributed by atoms with Crippen molar-refractivity contribution in [2.75, 3.05) is 18.5 Å². The summed E-state index contributed by atoms with van der Waals surface area (Å²) < 4.78 is 33.2. The summed E-state index contributed by atoms with van der Waals surface area (Å²) in [5, 5.41) is 2.47. The second kappa shape index (κ2) is 11.0. The van der Waals surface area contributed by atoms with Crippen molar-refractivity contribution in [1.29, 1.82) is 0 Å². The summed E-state index contributed by atoms with van der Waals surface area (Å²) >= 11 is 1.47. The number of ether oxygens (including phenoxy) is 1. The Hall–Kier alpha value is -2.65. The standard InChI is InChI=1S/C25H26N2O4S2/c28-25(24(19-8-3-1-4-9-19)32-22-11-5-2-6-12-22)27-20-13-15-23(16-14-20)33(29,30)26-18-21-10-7-17-31-21/h1-6,8-9,11-16,21,24,26H,7,10,17-18H2,(H,27,28)/t21-,24-/m0/s1. The first-order valence-electron chi connectivity index (χ1n) is 10.8. The quantitative estimate of drug-likeness (QED) is 0.435. The van der Waals surface area contributed by atoms with E-state index in [2.05, 4.69) is 10.0 Å². The number of anilines is 1. The van der Waals surface area contributed by atoms with E-state index in [1.165, 1.54) is 23.9 Å². The van der Waals surface area contributed by atoms with E-state index in [0.717, 1.165) is 23.3 Å². The van der Waals surface area contributed by atoms with E-state index in [4.69, 9.17) is 4.74 Å². The van der Waals surface area contributed by atoms with Crippen molar-refractivity contribution >= 4 is 33.4 Å². The lowest BCUT2D eigenvalue weighted by molar-refractivity contribution is -0.115. The van der Waals surface area contributed by atoms with Gasteiger partial charge in [0, 0.05) is 23.7 Å². The molecule has 2 N–H and O–H groups in total. The maximum atomic E-state index is 13.2. The van der Waals surface area contributed by atoms with Crippen LogP contribution in [0.1, 0.15) is 23.7 Å². The van der Waals surface area contributed by atoms with Crippen molar-refractivity contribution in [1.82, 2.24) is 4.72 Å². The molecule has 3 aromatic carbocycles. The van der Waals surface area contributed by atoms with E-state index in [-0.39, 0.29) is 23.5 Å². The summed E-state index contributed by atoms with van der Waals surface area (Å²) in [5.74, 6) is -0.179. The molecule has 6 nitrogen and oxygen atoms in total. The molecule has 8 heteroatoms. The van der Waals surface area contributed by atoms with Crippen LogP contribution in [0.15, 0.2) is 94.7 Å². The predicted molar refractivity (Wildman–Crippen MR) is 131 cm³/mol. The molecule has 0 radical (unpaired) electrons. The number of amides is 1. The lowest BCUT2D eigenvalue weighted by Gasteiger charge is -2.17. The summed E-state index contributed by atoms with van der Waals surface area (Å²) in [6.45, 7) is 0.934. The molecule has 0 saturated carbocycles. The van der Waals surface area contributed by atoms with Gasteiger partial charge in [0.05, 0.1) is 11.0 Å². The SMILES string of the molecule is O=C(Nc1ccc(S(=O)(=O)NC[C@@H]2CCCO2)cc1)[C@@H](Sc1ccccc1)c1ccccc1. The van der Waals surface area contributed by atoms with Gasteiger partial charge in [-0.25, -0.2) is 13.1 Å². The van der Waals surface area contributed by atoms with Gasteiger partial charge in [-0.2, -0.15) is 0 Å². The van der Waals surface area contributed by atoms with Crippen molar-refractivity contribution in [3.63, 3.8) is 0 Å². The number of hydrogen-bond acceptors (Lipinski definition) is 5. The fraction of sp³-hybridized carbons (Fsp3) is 0.240. The maximum absolute atomic E-state index is 13.2. The van der Waals surface area contributed by atoms with Gasteiger partial charge in [0.2, 0.25) is 15.9 Å². The van der Waals surface area contributed by atoms with Crippen molar-refractivity contribution in [3.8, 4) is 0 Å².